The van der Waals surface area contributed by atoms with Crippen LogP contribution in [0.3, 0.4) is 0 Å². The van der Waals surface area contributed by atoms with Gasteiger partial charge in [0.1, 0.15) is 10.7 Å². The molecule has 0 aromatic heterocycles. The third-order valence-corrected chi connectivity index (χ3v) is 5.01. The van der Waals surface area contributed by atoms with Crippen molar-refractivity contribution in [3.63, 3.8) is 0 Å². The van der Waals surface area contributed by atoms with E-state index in [1.807, 2.05) is 13.0 Å². The predicted molar refractivity (Wildman–Crippen MR) is 74.1 cm³/mol. The molecule has 2 unspecified atom stereocenters. The Bertz CT molecular complexity index is 329. The maximum atomic E-state index is 11.8. The molecule has 0 heterocycles. The number of aliphatic carboxylic acids is 1. The second-order valence-corrected chi connectivity index (χ2v) is 6.71. The molecule has 7 heteroatoms. The average molecular weight is 293 g/mol. The molecular weight excluding hydrogens is 278 g/mol. The quantitative estimate of drug-likeness (QED) is 0.427. The third kappa shape index (κ3) is 5.70. The Labute approximate surface area is 114 Å². The zero-order chi connectivity index (χ0) is 13.5. The van der Waals surface area contributed by atoms with Gasteiger partial charge in [-0.05, 0) is 30.6 Å². The van der Waals surface area contributed by atoms with Crippen LogP contribution < -0.4 is 0 Å². The van der Waals surface area contributed by atoms with E-state index in [4.69, 9.17) is 10.4 Å². The molecule has 0 saturated heterocycles. The van der Waals surface area contributed by atoms with Crippen molar-refractivity contribution in [1.82, 2.24) is 0 Å². The van der Waals surface area contributed by atoms with E-state index in [2.05, 4.69) is 12.6 Å². The first-order valence-corrected chi connectivity index (χ1v) is 7.87. The van der Waals surface area contributed by atoms with Crippen molar-refractivity contribution in [3.8, 4) is 6.07 Å². The lowest BCUT2D eigenvalue weighted by molar-refractivity contribution is -0.136. The van der Waals surface area contributed by atoms with E-state index in [1.54, 1.807) is 0 Å². The Kier molecular flexibility index (Phi) is 7.75. The van der Waals surface area contributed by atoms with E-state index in [1.165, 1.54) is 17.7 Å². The van der Waals surface area contributed by atoms with E-state index in [0.29, 0.717) is 0 Å². The van der Waals surface area contributed by atoms with Crippen molar-refractivity contribution in [3.05, 3.63) is 0 Å². The maximum absolute atomic E-state index is 11.8. The Morgan fingerprint density at radius 1 is 1.59 bits per heavy atom. The summed E-state index contributed by atoms with van der Waals surface area (Å²) in [6.07, 6.45) is 0.860. The van der Waals surface area contributed by atoms with Crippen LogP contribution in [0.1, 0.15) is 26.7 Å². The lowest BCUT2D eigenvalue weighted by Gasteiger charge is -2.20. The Hall–Kier alpha value is -0.320. The molecule has 0 aromatic carbocycles. The molecule has 0 amide bonds. The van der Waals surface area contributed by atoms with Crippen molar-refractivity contribution in [1.29, 1.82) is 5.26 Å². The lowest BCUT2D eigenvalue weighted by atomic mass is 9.88. The van der Waals surface area contributed by atoms with Crippen LogP contribution in [0, 0.1) is 16.7 Å². The number of hydrogen-bond donors (Lipinski definition) is 2. The SMILES string of the molecule is CCCSSC(=O)C(C)(C#N)CC(S)C(=O)O. The van der Waals surface area contributed by atoms with Crippen LogP contribution in [-0.2, 0) is 9.59 Å². The molecule has 0 aliphatic rings. The molecule has 96 valence electrons. The highest BCUT2D eigenvalue weighted by atomic mass is 33.1. The van der Waals surface area contributed by atoms with Crippen LogP contribution in [0.25, 0.3) is 0 Å². The van der Waals surface area contributed by atoms with Crippen molar-refractivity contribution in [2.24, 2.45) is 5.41 Å². The second-order valence-electron chi connectivity index (χ2n) is 3.69. The summed E-state index contributed by atoms with van der Waals surface area (Å²) in [6, 6.07) is 1.89. The average Bonchev–Trinajstić information content (AvgIpc) is 2.28. The molecule has 1 N–H and O–H groups in total. The zero-order valence-electron chi connectivity index (χ0n) is 9.67. The summed E-state index contributed by atoms with van der Waals surface area (Å²) >= 11 is 3.86. The fraction of sp³-hybridized carbons (Fsp3) is 0.700. The molecule has 4 nitrogen and oxygen atoms in total. The molecule has 0 aliphatic carbocycles. The monoisotopic (exact) mass is 293 g/mol. The van der Waals surface area contributed by atoms with Crippen molar-refractivity contribution >= 4 is 45.3 Å². The van der Waals surface area contributed by atoms with Gasteiger partial charge in [0.25, 0.3) is 0 Å². The summed E-state index contributed by atoms with van der Waals surface area (Å²) in [5.41, 5.74) is -1.30. The first-order valence-electron chi connectivity index (χ1n) is 5.03. The fourth-order valence-corrected chi connectivity index (χ4v) is 3.58. The van der Waals surface area contributed by atoms with Crippen LogP contribution >= 0.6 is 34.2 Å². The molecule has 0 radical (unpaired) electrons. The lowest BCUT2D eigenvalue weighted by Crippen LogP contribution is -2.30. The topological polar surface area (TPSA) is 78.2 Å². The number of carboxylic acid groups (broad SMARTS) is 1. The van der Waals surface area contributed by atoms with Crippen LogP contribution in [0.2, 0.25) is 0 Å². The number of carbonyl (C=O) groups is 2. The number of hydrogen-bond acceptors (Lipinski definition) is 6. The zero-order valence-corrected chi connectivity index (χ0v) is 12.2. The standard InChI is InChI=1S/C10H15NO3S3/c1-3-4-16-17-9(14)10(2,6-11)5-7(15)8(12)13/h7,15H,3-5H2,1-2H3,(H,12,13). The van der Waals surface area contributed by atoms with E-state index in [9.17, 15) is 9.59 Å². The third-order valence-electron chi connectivity index (χ3n) is 2.01. The molecule has 0 saturated carbocycles. The fourth-order valence-electron chi connectivity index (χ4n) is 0.919. The number of carbonyl (C=O) groups excluding carboxylic acids is 1. The molecule has 0 rings (SSSR count). The molecule has 2 atom stereocenters. The van der Waals surface area contributed by atoms with Gasteiger partial charge in [0.2, 0.25) is 5.12 Å². The van der Waals surface area contributed by atoms with Crippen LogP contribution in [0.15, 0.2) is 0 Å². The van der Waals surface area contributed by atoms with Gasteiger partial charge in [-0.2, -0.15) is 17.9 Å². The highest BCUT2D eigenvalue weighted by Crippen LogP contribution is 2.36. The van der Waals surface area contributed by atoms with Crippen molar-refractivity contribution < 1.29 is 14.7 Å². The largest absolute Gasteiger partial charge is 0.480 e. The van der Waals surface area contributed by atoms with Crippen molar-refractivity contribution in [2.75, 3.05) is 5.75 Å². The Balaban J connectivity index is 4.51. The van der Waals surface area contributed by atoms with Gasteiger partial charge in [0, 0.05) is 5.75 Å². The number of nitrogens with zero attached hydrogens (tertiary/aromatic N) is 1. The highest BCUT2D eigenvalue weighted by molar-refractivity contribution is 8.82. The summed E-state index contributed by atoms with van der Waals surface area (Å²) in [7, 11) is 2.40. The van der Waals surface area contributed by atoms with Gasteiger partial charge in [-0.15, -0.1) is 0 Å². The molecule has 0 spiro atoms. The molecule has 0 aromatic rings. The first kappa shape index (κ1) is 16.7. The minimum absolute atomic E-state index is 0.0829. The van der Waals surface area contributed by atoms with Crippen LogP contribution in [-0.4, -0.2) is 27.2 Å². The maximum Gasteiger partial charge on any atom is 0.316 e. The highest BCUT2D eigenvalue weighted by Gasteiger charge is 2.37. The van der Waals surface area contributed by atoms with Crippen LogP contribution in [0.5, 0.6) is 0 Å². The number of carboxylic acids is 1. The van der Waals surface area contributed by atoms with E-state index < -0.39 is 16.6 Å². The molecule has 0 bridgehead atoms. The summed E-state index contributed by atoms with van der Waals surface area (Å²) < 4.78 is 0. The van der Waals surface area contributed by atoms with Gasteiger partial charge in [-0.25, -0.2) is 0 Å². The minimum Gasteiger partial charge on any atom is -0.480 e. The normalized spacial score (nSPS) is 15.6. The molecule has 17 heavy (non-hydrogen) atoms. The number of rotatable bonds is 7. The predicted octanol–water partition coefficient (Wildman–Crippen LogP) is 2.61. The minimum atomic E-state index is -1.30. The summed E-state index contributed by atoms with van der Waals surface area (Å²) in [5, 5.41) is 16.4. The number of thiol groups is 1. The molecule has 0 aliphatic heterocycles. The van der Waals surface area contributed by atoms with Gasteiger partial charge >= 0.3 is 5.97 Å². The van der Waals surface area contributed by atoms with E-state index in [0.717, 1.165) is 23.0 Å². The summed E-state index contributed by atoms with van der Waals surface area (Å²) in [4.78, 5) is 22.5. The smallest absolute Gasteiger partial charge is 0.316 e. The van der Waals surface area contributed by atoms with E-state index in [-0.39, 0.29) is 11.5 Å². The summed E-state index contributed by atoms with van der Waals surface area (Å²) in [5.74, 6) is -0.296. The van der Waals surface area contributed by atoms with Gasteiger partial charge in [-0.1, -0.05) is 17.7 Å². The van der Waals surface area contributed by atoms with Crippen molar-refractivity contribution in [2.45, 2.75) is 31.9 Å². The summed E-state index contributed by atoms with van der Waals surface area (Å²) in [6.45, 7) is 3.46. The molecule has 0 fully saturated rings. The second kappa shape index (κ2) is 7.90. The van der Waals surface area contributed by atoms with Gasteiger partial charge in [0.15, 0.2) is 0 Å². The van der Waals surface area contributed by atoms with Gasteiger partial charge < -0.3 is 5.11 Å². The van der Waals surface area contributed by atoms with Gasteiger partial charge in [0.05, 0.1) is 6.07 Å². The van der Waals surface area contributed by atoms with Crippen LogP contribution in [0.4, 0.5) is 0 Å². The van der Waals surface area contributed by atoms with Gasteiger partial charge in [-0.3, -0.25) is 9.59 Å². The molecular formula is C10H15NO3S3. The Morgan fingerprint density at radius 3 is 2.59 bits per heavy atom. The van der Waals surface area contributed by atoms with E-state index >= 15 is 0 Å². The first-order chi connectivity index (χ1) is 7.87. The Morgan fingerprint density at radius 2 is 2.18 bits per heavy atom. The number of nitriles is 1.